The average molecular weight is 464 g/mol. The summed E-state index contributed by atoms with van der Waals surface area (Å²) in [5, 5.41) is 4.14. The van der Waals surface area contributed by atoms with Gasteiger partial charge in [-0.25, -0.2) is 0 Å². The third-order valence-electron chi connectivity index (χ3n) is 6.47. The highest BCUT2D eigenvalue weighted by Crippen LogP contribution is 2.45. The summed E-state index contributed by atoms with van der Waals surface area (Å²) >= 11 is 0. The van der Waals surface area contributed by atoms with E-state index < -0.39 is 12.0 Å². The number of rotatable bonds is 10. The molecule has 4 rings (SSSR count). The number of aryl methyl sites for hydroxylation is 1. The molecule has 2 amide bonds. The molecule has 180 valence electrons. The molecule has 2 unspecified atom stereocenters. The number of aromatic nitrogens is 1. The van der Waals surface area contributed by atoms with Crippen LogP contribution >= 0.6 is 0 Å². The Morgan fingerprint density at radius 3 is 2.62 bits per heavy atom. The summed E-state index contributed by atoms with van der Waals surface area (Å²) in [4.78, 5) is 29.2. The number of hydrogen-bond donors (Lipinski definition) is 1. The molecular formula is C27H33N3O4. The smallest absolute Gasteiger partial charge is 0.254 e. The van der Waals surface area contributed by atoms with E-state index in [-0.39, 0.29) is 11.8 Å². The quantitative estimate of drug-likeness (QED) is 0.466. The van der Waals surface area contributed by atoms with Crippen molar-refractivity contribution in [2.75, 3.05) is 40.0 Å². The fourth-order valence-electron chi connectivity index (χ4n) is 4.91. The molecule has 1 aliphatic rings. The molecule has 2 aromatic carbocycles. The lowest BCUT2D eigenvalue weighted by Gasteiger charge is -2.41. The molecule has 2 atom stereocenters. The first-order valence-electron chi connectivity index (χ1n) is 11.9. The van der Waals surface area contributed by atoms with Crippen molar-refractivity contribution in [2.24, 2.45) is 7.05 Å². The normalized spacial score (nSPS) is 17.7. The standard InChI is InChI=1S/C27H33N3O4/c1-4-34-16-9-14-28-26(31)24-20-11-5-6-12-21(20)27(32)30(15-17-33-3)25(24)22-18-29(2)23-13-8-7-10-19(22)23/h5-8,10-13,18,24-25H,4,9,14-17H2,1-3H3,(H,28,31). The number of nitrogens with one attached hydrogen (secondary N) is 1. The van der Waals surface area contributed by atoms with Crippen LogP contribution in [0.3, 0.4) is 0 Å². The number of carbonyl (C=O) groups is 2. The van der Waals surface area contributed by atoms with Gasteiger partial charge in [0.1, 0.15) is 0 Å². The van der Waals surface area contributed by atoms with Crippen LogP contribution in [-0.4, -0.2) is 61.3 Å². The molecular weight excluding hydrogens is 430 g/mol. The van der Waals surface area contributed by atoms with E-state index in [4.69, 9.17) is 9.47 Å². The average Bonchev–Trinajstić information content (AvgIpc) is 3.19. The zero-order valence-corrected chi connectivity index (χ0v) is 20.1. The minimum atomic E-state index is -0.538. The second-order valence-corrected chi connectivity index (χ2v) is 8.56. The van der Waals surface area contributed by atoms with Crippen molar-refractivity contribution in [3.05, 3.63) is 71.4 Å². The van der Waals surface area contributed by atoms with Gasteiger partial charge < -0.3 is 24.3 Å². The maximum absolute atomic E-state index is 13.7. The van der Waals surface area contributed by atoms with Gasteiger partial charge in [0.15, 0.2) is 0 Å². The minimum Gasteiger partial charge on any atom is -0.383 e. The predicted octanol–water partition coefficient (Wildman–Crippen LogP) is 3.65. The number of fused-ring (bicyclic) bond motifs is 2. The molecule has 0 aliphatic carbocycles. The Kier molecular flexibility index (Phi) is 7.65. The molecule has 2 heterocycles. The van der Waals surface area contributed by atoms with Gasteiger partial charge >= 0.3 is 0 Å². The third-order valence-corrected chi connectivity index (χ3v) is 6.47. The van der Waals surface area contributed by atoms with Crippen molar-refractivity contribution in [1.29, 1.82) is 0 Å². The Labute approximate surface area is 200 Å². The number of carbonyl (C=O) groups excluding carboxylic acids is 2. The van der Waals surface area contributed by atoms with Crippen LogP contribution in [0.15, 0.2) is 54.7 Å². The highest BCUT2D eigenvalue weighted by atomic mass is 16.5. The lowest BCUT2D eigenvalue weighted by atomic mass is 9.79. The molecule has 0 fully saturated rings. The van der Waals surface area contributed by atoms with E-state index in [1.54, 1.807) is 12.0 Å². The molecule has 0 radical (unpaired) electrons. The molecule has 7 nitrogen and oxygen atoms in total. The molecule has 7 heteroatoms. The van der Waals surface area contributed by atoms with Gasteiger partial charge in [-0.15, -0.1) is 0 Å². The lowest BCUT2D eigenvalue weighted by molar-refractivity contribution is -0.124. The van der Waals surface area contributed by atoms with Crippen LogP contribution in [0.25, 0.3) is 10.9 Å². The van der Waals surface area contributed by atoms with Crippen molar-refractivity contribution >= 4 is 22.7 Å². The summed E-state index contributed by atoms with van der Waals surface area (Å²) in [6.07, 6.45) is 2.78. The van der Waals surface area contributed by atoms with Crippen LogP contribution in [0, 0.1) is 0 Å². The number of amides is 2. The molecule has 1 aliphatic heterocycles. The summed E-state index contributed by atoms with van der Waals surface area (Å²) in [5.41, 5.74) is 3.36. The van der Waals surface area contributed by atoms with Crippen molar-refractivity contribution < 1.29 is 19.1 Å². The Balaban J connectivity index is 1.80. The summed E-state index contributed by atoms with van der Waals surface area (Å²) in [7, 11) is 3.62. The molecule has 0 spiro atoms. The molecule has 34 heavy (non-hydrogen) atoms. The zero-order valence-electron chi connectivity index (χ0n) is 20.1. The van der Waals surface area contributed by atoms with Crippen molar-refractivity contribution in [3.8, 4) is 0 Å². The van der Waals surface area contributed by atoms with Crippen LogP contribution in [-0.2, 0) is 21.3 Å². The summed E-state index contributed by atoms with van der Waals surface area (Å²) in [6.45, 7) is 4.51. The Morgan fingerprint density at radius 2 is 1.82 bits per heavy atom. The predicted molar refractivity (Wildman–Crippen MR) is 132 cm³/mol. The fourth-order valence-corrected chi connectivity index (χ4v) is 4.91. The van der Waals surface area contributed by atoms with E-state index in [9.17, 15) is 9.59 Å². The highest BCUT2D eigenvalue weighted by molar-refractivity contribution is 6.02. The lowest BCUT2D eigenvalue weighted by Crippen LogP contribution is -2.48. The Morgan fingerprint density at radius 1 is 1.06 bits per heavy atom. The van der Waals surface area contributed by atoms with Gasteiger partial charge in [0, 0.05) is 68.7 Å². The number of para-hydroxylation sites is 1. The van der Waals surface area contributed by atoms with Gasteiger partial charge in [-0.05, 0) is 31.0 Å². The second-order valence-electron chi connectivity index (χ2n) is 8.56. The van der Waals surface area contributed by atoms with Gasteiger partial charge in [-0.3, -0.25) is 9.59 Å². The van der Waals surface area contributed by atoms with Crippen molar-refractivity contribution in [2.45, 2.75) is 25.3 Å². The maximum atomic E-state index is 13.7. The maximum Gasteiger partial charge on any atom is 0.254 e. The van der Waals surface area contributed by atoms with Gasteiger partial charge in [-0.2, -0.15) is 0 Å². The van der Waals surface area contributed by atoms with Crippen LogP contribution in [0.5, 0.6) is 0 Å². The first kappa shape index (κ1) is 24.0. The van der Waals surface area contributed by atoms with Crippen LogP contribution in [0.1, 0.15) is 46.8 Å². The number of methoxy groups -OCH3 is 1. The Hall–Kier alpha value is -3.16. The van der Waals surface area contributed by atoms with E-state index in [2.05, 4.69) is 22.0 Å². The van der Waals surface area contributed by atoms with E-state index in [1.807, 2.05) is 56.6 Å². The third kappa shape index (κ3) is 4.58. The summed E-state index contributed by atoms with van der Waals surface area (Å²) < 4.78 is 12.8. The molecule has 0 bridgehead atoms. The topological polar surface area (TPSA) is 72.8 Å². The van der Waals surface area contributed by atoms with Gasteiger partial charge in [0.2, 0.25) is 5.91 Å². The number of benzene rings is 2. The monoisotopic (exact) mass is 463 g/mol. The molecule has 1 N–H and O–H groups in total. The van der Waals surface area contributed by atoms with Crippen molar-refractivity contribution in [1.82, 2.24) is 14.8 Å². The first-order valence-corrected chi connectivity index (χ1v) is 11.9. The van der Waals surface area contributed by atoms with Crippen LogP contribution in [0.4, 0.5) is 0 Å². The first-order chi connectivity index (χ1) is 16.6. The molecule has 0 saturated heterocycles. The zero-order chi connectivity index (χ0) is 24.1. The molecule has 1 aromatic heterocycles. The highest BCUT2D eigenvalue weighted by Gasteiger charge is 2.44. The molecule has 3 aromatic rings. The van der Waals surface area contributed by atoms with E-state index >= 15 is 0 Å². The largest absolute Gasteiger partial charge is 0.383 e. The van der Waals surface area contributed by atoms with E-state index in [0.717, 1.165) is 28.5 Å². The van der Waals surface area contributed by atoms with Crippen LogP contribution < -0.4 is 5.32 Å². The minimum absolute atomic E-state index is 0.0778. The van der Waals surface area contributed by atoms with Crippen LogP contribution in [0.2, 0.25) is 0 Å². The van der Waals surface area contributed by atoms with Gasteiger partial charge in [0.25, 0.3) is 5.91 Å². The Bertz CT molecular complexity index is 1160. The van der Waals surface area contributed by atoms with Crippen molar-refractivity contribution in [3.63, 3.8) is 0 Å². The fraction of sp³-hybridized carbons (Fsp3) is 0.407. The van der Waals surface area contributed by atoms with E-state index in [1.165, 1.54) is 0 Å². The SMILES string of the molecule is CCOCCCNC(=O)C1c2ccccc2C(=O)N(CCOC)C1c1cn(C)c2ccccc12. The number of ether oxygens (including phenoxy) is 2. The summed E-state index contributed by atoms with van der Waals surface area (Å²) in [6, 6.07) is 15.1. The van der Waals surface area contributed by atoms with Gasteiger partial charge in [-0.1, -0.05) is 36.4 Å². The second kappa shape index (κ2) is 10.8. The number of hydrogen-bond acceptors (Lipinski definition) is 4. The molecule has 0 saturated carbocycles. The van der Waals surface area contributed by atoms with E-state index in [0.29, 0.717) is 38.5 Å². The number of nitrogens with zero attached hydrogens (tertiary/aromatic N) is 2. The van der Waals surface area contributed by atoms with Gasteiger partial charge in [0.05, 0.1) is 18.6 Å². The summed E-state index contributed by atoms with van der Waals surface area (Å²) in [5.74, 6) is -0.702.